The van der Waals surface area contributed by atoms with E-state index in [9.17, 15) is 9.90 Å². The summed E-state index contributed by atoms with van der Waals surface area (Å²) in [5.41, 5.74) is -0.364. The second kappa shape index (κ2) is 4.30. The summed E-state index contributed by atoms with van der Waals surface area (Å²) in [5, 5.41) is 12.6. The number of aliphatic hydroxyl groups is 1. The van der Waals surface area contributed by atoms with E-state index in [0.29, 0.717) is 0 Å². The van der Waals surface area contributed by atoms with Crippen molar-refractivity contribution in [2.45, 2.75) is 58.6 Å². The molecule has 0 radical (unpaired) electrons. The van der Waals surface area contributed by atoms with Crippen LogP contribution in [-0.4, -0.2) is 23.2 Å². The van der Waals surface area contributed by atoms with Gasteiger partial charge in [-0.2, -0.15) is 0 Å². The van der Waals surface area contributed by atoms with Crippen molar-refractivity contribution in [1.82, 2.24) is 5.32 Å². The molecular formula is C11H21NO2. The molecule has 0 aliphatic heterocycles. The molecule has 2 atom stereocenters. The van der Waals surface area contributed by atoms with Crippen LogP contribution in [0.5, 0.6) is 0 Å². The summed E-state index contributed by atoms with van der Waals surface area (Å²) in [7, 11) is 0. The second-order valence-corrected chi connectivity index (χ2v) is 5.18. The third-order valence-electron chi connectivity index (χ3n) is 2.73. The van der Waals surface area contributed by atoms with Gasteiger partial charge in [-0.05, 0) is 12.8 Å². The highest BCUT2D eigenvalue weighted by molar-refractivity contribution is 5.81. The lowest BCUT2D eigenvalue weighted by molar-refractivity contribution is -0.130. The van der Waals surface area contributed by atoms with Gasteiger partial charge in [0.2, 0.25) is 5.91 Å². The highest BCUT2D eigenvalue weighted by atomic mass is 16.3. The molecule has 82 valence electrons. The minimum atomic E-state index is -0.364. The smallest absolute Gasteiger partial charge is 0.225 e. The Morgan fingerprint density at radius 3 is 2.36 bits per heavy atom. The zero-order valence-corrected chi connectivity index (χ0v) is 9.34. The van der Waals surface area contributed by atoms with E-state index in [1.165, 1.54) is 0 Å². The predicted octanol–water partition coefficient (Wildman–Crippen LogP) is 1.45. The van der Waals surface area contributed by atoms with Crippen LogP contribution >= 0.6 is 0 Å². The number of carbonyl (C=O) groups is 1. The van der Waals surface area contributed by atoms with E-state index >= 15 is 0 Å². The number of aliphatic hydroxyl groups excluding tert-OH is 1. The van der Waals surface area contributed by atoms with Crippen molar-refractivity contribution in [3.63, 3.8) is 0 Å². The van der Waals surface area contributed by atoms with Gasteiger partial charge in [-0.25, -0.2) is 0 Å². The summed E-state index contributed by atoms with van der Waals surface area (Å²) in [6.07, 6.45) is 3.54. The molecule has 0 spiro atoms. The molecular weight excluding hydrogens is 178 g/mol. The quantitative estimate of drug-likeness (QED) is 0.671. The maximum Gasteiger partial charge on any atom is 0.225 e. The van der Waals surface area contributed by atoms with Gasteiger partial charge in [-0.1, -0.05) is 33.6 Å². The van der Waals surface area contributed by atoms with Crippen molar-refractivity contribution >= 4 is 5.91 Å². The first-order chi connectivity index (χ1) is 6.41. The van der Waals surface area contributed by atoms with Crippen LogP contribution in [0.2, 0.25) is 0 Å². The van der Waals surface area contributed by atoms with Crippen LogP contribution in [0.1, 0.15) is 46.5 Å². The lowest BCUT2D eigenvalue weighted by atomic mass is 9.90. The van der Waals surface area contributed by atoms with Crippen molar-refractivity contribution in [3.05, 3.63) is 0 Å². The van der Waals surface area contributed by atoms with E-state index in [1.54, 1.807) is 0 Å². The van der Waals surface area contributed by atoms with Crippen molar-refractivity contribution in [3.8, 4) is 0 Å². The second-order valence-electron chi connectivity index (χ2n) is 5.18. The summed E-state index contributed by atoms with van der Waals surface area (Å²) in [6, 6.07) is -0.0320. The number of carbonyl (C=O) groups excluding carboxylic acids is 1. The third-order valence-corrected chi connectivity index (χ3v) is 2.73. The van der Waals surface area contributed by atoms with Crippen LogP contribution in [0.15, 0.2) is 0 Å². The Morgan fingerprint density at radius 2 is 1.86 bits per heavy atom. The molecule has 0 saturated heterocycles. The first-order valence-electron chi connectivity index (χ1n) is 5.40. The van der Waals surface area contributed by atoms with Gasteiger partial charge in [0.25, 0.3) is 0 Å². The van der Waals surface area contributed by atoms with Crippen LogP contribution in [0.4, 0.5) is 0 Å². The summed E-state index contributed by atoms with van der Waals surface area (Å²) >= 11 is 0. The zero-order valence-electron chi connectivity index (χ0n) is 9.34. The minimum Gasteiger partial charge on any atom is -0.391 e. The average molecular weight is 199 g/mol. The van der Waals surface area contributed by atoms with Crippen LogP contribution in [0, 0.1) is 5.41 Å². The Balaban J connectivity index is 2.46. The minimum absolute atomic E-state index is 0.0310. The lowest BCUT2D eigenvalue weighted by Gasteiger charge is -2.30. The third kappa shape index (κ3) is 2.98. The normalized spacial score (nSPS) is 28.6. The van der Waals surface area contributed by atoms with E-state index in [0.717, 1.165) is 25.7 Å². The maximum atomic E-state index is 11.7. The molecule has 3 heteroatoms. The van der Waals surface area contributed by atoms with Gasteiger partial charge in [0, 0.05) is 5.41 Å². The molecule has 0 unspecified atom stereocenters. The molecule has 0 aromatic heterocycles. The first kappa shape index (κ1) is 11.5. The molecule has 1 aliphatic carbocycles. The molecule has 0 aromatic rings. The Morgan fingerprint density at radius 1 is 1.29 bits per heavy atom. The highest BCUT2D eigenvalue weighted by Gasteiger charge is 2.28. The van der Waals surface area contributed by atoms with Gasteiger partial charge in [-0.15, -0.1) is 0 Å². The molecule has 0 bridgehead atoms. The van der Waals surface area contributed by atoms with Crippen LogP contribution in [0.25, 0.3) is 0 Å². The number of hydrogen-bond acceptors (Lipinski definition) is 2. The molecule has 3 nitrogen and oxygen atoms in total. The molecule has 1 fully saturated rings. The largest absolute Gasteiger partial charge is 0.391 e. The topological polar surface area (TPSA) is 49.3 Å². The van der Waals surface area contributed by atoms with E-state index in [-0.39, 0.29) is 23.5 Å². The Hall–Kier alpha value is -0.570. The Bertz CT molecular complexity index is 208. The van der Waals surface area contributed by atoms with Crippen LogP contribution < -0.4 is 5.32 Å². The molecule has 1 aliphatic rings. The van der Waals surface area contributed by atoms with E-state index < -0.39 is 0 Å². The Kier molecular flexibility index (Phi) is 3.53. The van der Waals surface area contributed by atoms with Gasteiger partial charge in [-0.3, -0.25) is 4.79 Å². The summed E-state index contributed by atoms with van der Waals surface area (Å²) in [5.74, 6) is 0.0310. The zero-order chi connectivity index (χ0) is 10.8. The first-order valence-corrected chi connectivity index (χ1v) is 5.40. The fourth-order valence-corrected chi connectivity index (χ4v) is 1.66. The van der Waals surface area contributed by atoms with Crippen molar-refractivity contribution in [2.75, 3.05) is 0 Å². The molecule has 0 aromatic carbocycles. The predicted molar refractivity (Wildman–Crippen MR) is 55.9 cm³/mol. The number of rotatable bonds is 1. The number of hydrogen-bond donors (Lipinski definition) is 2. The van der Waals surface area contributed by atoms with Gasteiger partial charge in [0.15, 0.2) is 0 Å². The number of amides is 1. The SMILES string of the molecule is CC(C)(C)C(=O)N[C@@H]1CCCC[C@H]1O. The molecule has 2 N–H and O–H groups in total. The van der Waals surface area contributed by atoms with E-state index in [1.807, 2.05) is 20.8 Å². The van der Waals surface area contributed by atoms with Gasteiger partial charge in [0.1, 0.15) is 0 Å². The fraction of sp³-hybridized carbons (Fsp3) is 0.909. The standard InChI is InChI=1S/C11H21NO2/c1-11(2,3)10(14)12-8-6-4-5-7-9(8)13/h8-9,13H,4-7H2,1-3H3,(H,12,14)/t8-,9-/m1/s1. The van der Waals surface area contributed by atoms with Gasteiger partial charge < -0.3 is 10.4 Å². The Labute approximate surface area is 85.9 Å². The fourth-order valence-electron chi connectivity index (χ4n) is 1.66. The van der Waals surface area contributed by atoms with Crippen LogP contribution in [0.3, 0.4) is 0 Å². The van der Waals surface area contributed by atoms with E-state index in [4.69, 9.17) is 0 Å². The van der Waals surface area contributed by atoms with Gasteiger partial charge in [0.05, 0.1) is 12.1 Å². The van der Waals surface area contributed by atoms with Crippen molar-refractivity contribution in [1.29, 1.82) is 0 Å². The van der Waals surface area contributed by atoms with Crippen molar-refractivity contribution in [2.24, 2.45) is 5.41 Å². The molecule has 1 rings (SSSR count). The molecule has 1 saturated carbocycles. The maximum absolute atomic E-state index is 11.7. The van der Waals surface area contributed by atoms with Gasteiger partial charge >= 0.3 is 0 Å². The lowest BCUT2D eigenvalue weighted by Crippen LogP contribution is -2.48. The summed E-state index contributed by atoms with van der Waals surface area (Å²) in [4.78, 5) is 11.7. The molecule has 0 heterocycles. The summed E-state index contributed by atoms with van der Waals surface area (Å²) in [6.45, 7) is 5.66. The average Bonchev–Trinajstić information content (AvgIpc) is 2.07. The van der Waals surface area contributed by atoms with Crippen LogP contribution in [-0.2, 0) is 4.79 Å². The van der Waals surface area contributed by atoms with E-state index in [2.05, 4.69) is 5.32 Å². The molecule has 1 amide bonds. The van der Waals surface area contributed by atoms with Crippen molar-refractivity contribution < 1.29 is 9.90 Å². The monoisotopic (exact) mass is 199 g/mol. The highest BCUT2D eigenvalue weighted by Crippen LogP contribution is 2.20. The number of nitrogens with one attached hydrogen (secondary N) is 1. The summed E-state index contributed by atoms with van der Waals surface area (Å²) < 4.78 is 0. The molecule has 14 heavy (non-hydrogen) atoms.